The van der Waals surface area contributed by atoms with Gasteiger partial charge >= 0.3 is 0 Å². The number of hydrogen-bond acceptors (Lipinski definition) is 4. The molecule has 1 saturated heterocycles. The Hall–Kier alpha value is -1.75. The molecule has 4 nitrogen and oxygen atoms in total. The molecular weight excluding hydrogens is 252 g/mol. The van der Waals surface area contributed by atoms with E-state index in [1.165, 1.54) is 5.56 Å². The molecule has 1 aromatic carbocycles. The predicted molar refractivity (Wildman–Crippen MR) is 75.5 cm³/mol. The maximum atomic E-state index is 9.34. The molecule has 104 valence electrons. The van der Waals surface area contributed by atoms with Crippen molar-refractivity contribution in [3.63, 3.8) is 0 Å². The highest BCUT2D eigenvalue weighted by atomic mass is 16.7. The molecule has 0 radical (unpaired) electrons. The lowest BCUT2D eigenvalue weighted by atomic mass is 10.1. The molecule has 1 fully saturated rings. The molecule has 0 saturated carbocycles. The summed E-state index contributed by atoms with van der Waals surface area (Å²) in [5.74, 6) is 0. The van der Waals surface area contributed by atoms with Crippen LogP contribution < -0.4 is 0 Å². The van der Waals surface area contributed by atoms with E-state index in [0.29, 0.717) is 6.54 Å². The fourth-order valence-electron chi connectivity index (χ4n) is 2.53. The van der Waals surface area contributed by atoms with E-state index in [2.05, 4.69) is 17.1 Å². The normalized spacial score (nSPS) is 23.1. The smallest absolute Gasteiger partial charge is 0.104 e. The summed E-state index contributed by atoms with van der Waals surface area (Å²) in [6.45, 7) is 0.729. The molecule has 1 aliphatic heterocycles. The van der Waals surface area contributed by atoms with E-state index < -0.39 is 0 Å². The van der Waals surface area contributed by atoms with Crippen molar-refractivity contribution in [3.8, 4) is 0 Å². The molecule has 2 aromatic rings. The topological polar surface area (TPSA) is 45.6 Å². The lowest BCUT2D eigenvalue weighted by Crippen LogP contribution is -2.23. The average molecular weight is 270 g/mol. The summed E-state index contributed by atoms with van der Waals surface area (Å²) in [6, 6.07) is 16.2. The van der Waals surface area contributed by atoms with Crippen molar-refractivity contribution in [3.05, 3.63) is 66.0 Å². The first-order chi connectivity index (χ1) is 9.86. The fraction of sp³-hybridized carbons (Fsp3) is 0.312. The maximum Gasteiger partial charge on any atom is 0.104 e. The summed E-state index contributed by atoms with van der Waals surface area (Å²) >= 11 is 0. The van der Waals surface area contributed by atoms with Gasteiger partial charge in [0.15, 0.2) is 0 Å². The van der Waals surface area contributed by atoms with Gasteiger partial charge in [0.05, 0.1) is 18.3 Å². The third-order valence-corrected chi connectivity index (χ3v) is 3.53. The maximum absolute atomic E-state index is 9.34. The van der Waals surface area contributed by atoms with Crippen LogP contribution in [-0.2, 0) is 11.4 Å². The third kappa shape index (κ3) is 2.88. The van der Waals surface area contributed by atoms with Crippen molar-refractivity contribution in [1.82, 2.24) is 10.0 Å². The summed E-state index contributed by atoms with van der Waals surface area (Å²) in [5, 5.41) is 11.3. The molecule has 2 heterocycles. The number of aliphatic hydroxyl groups excluding tert-OH is 1. The number of benzene rings is 1. The van der Waals surface area contributed by atoms with Gasteiger partial charge in [-0.25, -0.2) is 0 Å². The summed E-state index contributed by atoms with van der Waals surface area (Å²) in [4.78, 5) is 10.2. The number of hydrogen-bond donors (Lipinski definition) is 1. The lowest BCUT2D eigenvalue weighted by molar-refractivity contribution is -0.178. The van der Waals surface area contributed by atoms with Gasteiger partial charge in [0.25, 0.3) is 0 Å². The Morgan fingerprint density at radius 1 is 1.15 bits per heavy atom. The van der Waals surface area contributed by atoms with E-state index in [9.17, 15) is 5.11 Å². The quantitative estimate of drug-likeness (QED) is 0.926. The van der Waals surface area contributed by atoms with E-state index in [-0.39, 0.29) is 18.8 Å². The summed E-state index contributed by atoms with van der Waals surface area (Å²) in [6.07, 6.45) is 2.41. The zero-order valence-corrected chi connectivity index (χ0v) is 11.2. The van der Waals surface area contributed by atoms with E-state index in [4.69, 9.17) is 4.84 Å². The molecule has 4 heteroatoms. The minimum absolute atomic E-state index is 0.0363. The average Bonchev–Trinajstić information content (AvgIpc) is 2.92. The minimum Gasteiger partial charge on any atom is -0.394 e. The zero-order valence-electron chi connectivity index (χ0n) is 11.2. The summed E-state index contributed by atoms with van der Waals surface area (Å²) in [5.41, 5.74) is 2.17. The lowest BCUT2D eigenvalue weighted by Gasteiger charge is -2.22. The number of aliphatic hydroxyl groups is 1. The molecule has 0 unspecified atom stereocenters. The van der Waals surface area contributed by atoms with Crippen molar-refractivity contribution in [2.24, 2.45) is 0 Å². The van der Waals surface area contributed by atoms with Crippen LogP contribution in [0.15, 0.2) is 54.7 Å². The standard InChI is InChI=1S/C16H18N2O2/c19-12-14-10-16(15-8-4-5-9-17-15)18(20-14)11-13-6-2-1-3-7-13/h1-9,14,16,19H,10-12H2/t14-,16+/m0/s1. The van der Waals surface area contributed by atoms with Gasteiger partial charge in [-0.3, -0.25) is 9.82 Å². The van der Waals surface area contributed by atoms with Gasteiger partial charge in [-0.05, 0) is 17.7 Å². The molecule has 0 bridgehead atoms. The van der Waals surface area contributed by atoms with Crippen LogP contribution in [0.2, 0.25) is 0 Å². The predicted octanol–water partition coefficient (Wildman–Crippen LogP) is 2.32. The molecule has 20 heavy (non-hydrogen) atoms. The van der Waals surface area contributed by atoms with Crippen LogP contribution in [0.25, 0.3) is 0 Å². The molecule has 0 aliphatic carbocycles. The molecule has 0 spiro atoms. The van der Waals surface area contributed by atoms with E-state index in [1.807, 2.05) is 41.5 Å². The molecular formula is C16H18N2O2. The second-order valence-electron chi connectivity index (χ2n) is 4.98. The SMILES string of the molecule is OC[C@@H]1C[C@H](c2ccccn2)N(Cc2ccccc2)O1. The molecule has 3 rings (SSSR count). The van der Waals surface area contributed by atoms with E-state index in [1.54, 1.807) is 6.20 Å². The van der Waals surface area contributed by atoms with Crippen LogP contribution in [0, 0.1) is 0 Å². The van der Waals surface area contributed by atoms with Crippen molar-refractivity contribution in [2.75, 3.05) is 6.61 Å². The Morgan fingerprint density at radius 2 is 1.95 bits per heavy atom. The highest BCUT2D eigenvalue weighted by molar-refractivity contribution is 5.16. The Morgan fingerprint density at radius 3 is 2.65 bits per heavy atom. The Balaban J connectivity index is 1.80. The molecule has 0 amide bonds. The highest BCUT2D eigenvalue weighted by Gasteiger charge is 2.34. The first-order valence-corrected chi connectivity index (χ1v) is 6.86. The van der Waals surface area contributed by atoms with Gasteiger partial charge < -0.3 is 5.11 Å². The number of aromatic nitrogens is 1. The van der Waals surface area contributed by atoms with Gasteiger partial charge in [-0.15, -0.1) is 0 Å². The highest BCUT2D eigenvalue weighted by Crippen LogP contribution is 2.34. The van der Waals surface area contributed by atoms with Crippen molar-refractivity contribution in [1.29, 1.82) is 0 Å². The van der Waals surface area contributed by atoms with Crippen LogP contribution in [0.5, 0.6) is 0 Å². The largest absolute Gasteiger partial charge is 0.394 e. The van der Waals surface area contributed by atoms with Crippen LogP contribution in [0.1, 0.15) is 23.7 Å². The fourth-order valence-corrected chi connectivity index (χ4v) is 2.53. The van der Waals surface area contributed by atoms with Crippen molar-refractivity contribution < 1.29 is 9.94 Å². The van der Waals surface area contributed by atoms with Gasteiger partial charge in [0, 0.05) is 19.2 Å². The Bertz CT molecular complexity index is 533. The summed E-state index contributed by atoms with van der Waals surface area (Å²) in [7, 11) is 0. The third-order valence-electron chi connectivity index (χ3n) is 3.53. The second kappa shape index (κ2) is 6.13. The molecule has 1 aromatic heterocycles. The monoisotopic (exact) mass is 270 g/mol. The van der Waals surface area contributed by atoms with Gasteiger partial charge in [-0.1, -0.05) is 36.4 Å². The van der Waals surface area contributed by atoms with Gasteiger partial charge in [0.2, 0.25) is 0 Å². The molecule has 1 aliphatic rings. The molecule has 2 atom stereocenters. The van der Waals surface area contributed by atoms with Gasteiger partial charge in [-0.2, -0.15) is 5.06 Å². The number of pyridine rings is 1. The zero-order chi connectivity index (χ0) is 13.8. The van der Waals surface area contributed by atoms with E-state index >= 15 is 0 Å². The molecule has 1 N–H and O–H groups in total. The second-order valence-corrected chi connectivity index (χ2v) is 4.98. The Labute approximate surface area is 118 Å². The first-order valence-electron chi connectivity index (χ1n) is 6.86. The van der Waals surface area contributed by atoms with Crippen LogP contribution in [0.4, 0.5) is 0 Å². The minimum atomic E-state index is -0.147. The van der Waals surface area contributed by atoms with Crippen LogP contribution >= 0.6 is 0 Å². The van der Waals surface area contributed by atoms with Crippen molar-refractivity contribution in [2.45, 2.75) is 25.1 Å². The number of hydroxylamine groups is 2. The van der Waals surface area contributed by atoms with E-state index in [0.717, 1.165) is 12.1 Å². The van der Waals surface area contributed by atoms with Crippen LogP contribution in [-0.4, -0.2) is 27.9 Å². The summed E-state index contributed by atoms with van der Waals surface area (Å²) < 4.78 is 0. The number of rotatable bonds is 4. The number of nitrogens with zero attached hydrogens (tertiary/aromatic N) is 2. The first kappa shape index (κ1) is 13.2. The van der Waals surface area contributed by atoms with Crippen LogP contribution in [0.3, 0.4) is 0 Å². The van der Waals surface area contributed by atoms with Crippen molar-refractivity contribution >= 4 is 0 Å². The van der Waals surface area contributed by atoms with Gasteiger partial charge in [0.1, 0.15) is 6.10 Å². The Kier molecular flexibility index (Phi) is 4.06.